The Morgan fingerprint density at radius 1 is 1.35 bits per heavy atom. The molecule has 8 nitrogen and oxygen atoms in total. The van der Waals surface area contributed by atoms with Gasteiger partial charge < -0.3 is 10.6 Å². The molecule has 1 aliphatic rings. The first-order valence-electron chi connectivity index (χ1n) is 7.95. The highest BCUT2D eigenvalue weighted by Crippen LogP contribution is 2.09. The van der Waals surface area contributed by atoms with Crippen LogP contribution in [0, 0.1) is 5.92 Å². The summed E-state index contributed by atoms with van der Waals surface area (Å²) in [5.41, 5.74) is 0.579. The van der Waals surface area contributed by atoms with Gasteiger partial charge in [0.05, 0.1) is 11.7 Å². The van der Waals surface area contributed by atoms with E-state index in [4.69, 9.17) is 0 Å². The number of fused-ring (bicyclic) bond motifs is 2. The molecule has 1 aromatic heterocycles. The van der Waals surface area contributed by atoms with E-state index in [2.05, 4.69) is 20.9 Å². The first-order valence-corrected chi connectivity index (χ1v) is 7.95. The molecular formula is C15H23N5O3. The number of hydrogen-bond donors (Lipinski definition) is 2. The number of carbonyl (C=O) groups excluding carboxylic acids is 3. The zero-order chi connectivity index (χ0) is 16.8. The van der Waals surface area contributed by atoms with E-state index in [0.29, 0.717) is 31.5 Å². The van der Waals surface area contributed by atoms with Crippen LogP contribution in [0.2, 0.25) is 0 Å². The molecule has 0 spiro atoms. The second kappa shape index (κ2) is 7.85. The second-order valence-corrected chi connectivity index (χ2v) is 6.00. The molecule has 0 saturated carbocycles. The zero-order valence-electron chi connectivity index (χ0n) is 13.5. The van der Waals surface area contributed by atoms with Crippen molar-refractivity contribution >= 4 is 17.6 Å². The fraction of sp³-hybridized carbons (Fsp3) is 0.667. The standard InChI is InChI=1S/C15H23N5O3/c1-3-13(21)12-7-11-8-20(19-18-11)9-15(23)16-5-4-10(2)6-14(22)17-12/h8,10,12H,3-7,9H2,1-2H3,(H,16,23)(H,17,22)/t10?,12-/m1/s1. The molecule has 8 heteroatoms. The van der Waals surface area contributed by atoms with Gasteiger partial charge in [-0.25, -0.2) is 4.68 Å². The Labute approximate surface area is 135 Å². The number of nitrogens with zero attached hydrogens (tertiary/aromatic N) is 3. The van der Waals surface area contributed by atoms with E-state index in [-0.39, 0.29) is 36.5 Å². The molecule has 0 aliphatic carbocycles. The molecule has 2 bridgehead atoms. The number of Topliss-reactive ketones (excluding diaryl/α,β-unsaturated/α-hetero) is 1. The molecule has 1 unspecified atom stereocenters. The first kappa shape index (κ1) is 17.1. The van der Waals surface area contributed by atoms with Crippen molar-refractivity contribution in [3.8, 4) is 0 Å². The van der Waals surface area contributed by atoms with Crippen molar-refractivity contribution in [1.82, 2.24) is 25.6 Å². The lowest BCUT2D eigenvalue weighted by Crippen LogP contribution is -2.43. The number of carbonyl (C=O) groups is 3. The lowest BCUT2D eigenvalue weighted by atomic mass is 10.0. The molecule has 0 fully saturated rings. The lowest BCUT2D eigenvalue weighted by molar-refractivity contribution is -0.128. The largest absolute Gasteiger partial charge is 0.354 e. The van der Waals surface area contributed by atoms with E-state index in [1.807, 2.05) is 6.92 Å². The minimum atomic E-state index is -0.596. The average molecular weight is 321 g/mol. The molecule has 0 radical (unpaired) electrons. The van der Waals surface area contributed by atoms with E-state index >= 15 is 0 Å². The highest BCUT2D eigenvalue weighted by Gasteiger charge is 2.22. The average Bonchev–Trinajstić information content (AvgIpc) is 2.91. The first-order chi connectivity index (χ1) is 11.0. The number of hydrogen-bond acceptors (Lipinski definition) is 5. The summed E-state index contributed by atoms with van der Waals surface area (Å²) in [5.74, 6) is -0.206. The van der Waals surface area contributed by atoms with E-state index in [1.54, 1.807) is 13.1 Å². The molecule has 1 aromatic rings. The Morgan fingerprint density at radius 2 is 2.13 bits per heavy atom. The normalized spacial score (nSPS) is 23.6. The molecule has 2 amide bonds. The summed E-state index contributed by atoms with van der Waals surface area (Å²) < 4.78 is 1.44. The van der Waals surface area contributed by atoms with Gasteiger partial charge >= 0.3 is 0 Å². The number of nitrogens with one attached hydrogen (secondary N) is 2. The van der Waals surface area contributed by atoms with Gasteiger partial charge in [-0.15, -0.1) is 5.10 Å². The van der Waals surface area contributed by atoms with E-state index in [1.165, 1.54) is 4.68 Å². The van der Waals surface area contributed by atoms with Crippen LogP contribution in [0.15, 0.2) is 6.20 Å². The summed E-state index contributed by atoms with van der Waals surface area (Å²) in [6.07, 6.45) is 3.30. The third-order valence-electron chi connectivity index (χ3n) is 3.87. The van der Waals surface area contributed by atoms with Gasteiger partial charge in [-0.05, 0) is 12.3 Å². The molecule has 1 aliphatic heterocycles. The monoisotopic (exact) mass is 321 g/mol. The van der Waals surface area contributed by atoms with Gasteiger partial charge in [0.15, 0.2) is 5.78 Å². The molecule has 126 valence electrons. The molecule has 23 heavy (non-hydrogen) atoms. The zero-order valence-corrected chi connectivity index (χ0v) is 13.5. The number of ketones is 1. The third-order valence-corrected chi connectivity index (χ3v) is 3.87. The van der Waals surface area contributed by atoms with Crippen LogP contribution in [-0.4, -0.2) is 45.2 Å². The van der Waals surface area contributed by atoms with Crippen LogP contribution in [0.25, 0.3) is 0 Å². The topological polar surface area (TPSA) is 106 Å². The van der Waals surface area contributed by atoms with Crippen LogP contribution in [0.4, 0.5) is 0 Å². The molecule has 0 aromatic carbocycles. The molecule has 0 saturated heterocycles. The highest BCUT2D eigenvalue weighted by atomic mass is 16.2. The van der Waals surface area contributed by atoms with Gasteiger partial charge in [0.1, 0.15) is 6.54 Å². The summed E-state index contributed by atoms with van der Waals surface area (Å²) in [7, 11) is 0. The van der Waals surface area contributed by atoms with Gasteiger partial charge in [-0.2, -0.15) is 0 Å². The minimum absolute atomic E-state index is 0.0367. The Bertz CT molecular complexity index is 583. The van der Waals surface area contributed by atoms with Gasteiger partial charge in [0, 0.05) is 32.0 Å². The Kier molecular flexibility index (Phi) is 5.84. The van der Waals surface area contributed by atoms with Crippen LogP contribution in [0.5, 0.6) is 0 Å². The molecule has 2 N–H and O–H groups in total. The molecule has 2 atom stereocenters. The summed E-state index contributed by atoms with van der Waals surface area (Å²) in [6, 6.07) is -0.596. The van der Waals surface area contributed by atoms with Crippen molar-refractivity contribution in [3.05, 3.63) is 11.9 Å². The van der Waals surface area contributed by atoms with Crippen molar-refractivity contribution in [2.24, 2.45) is 5.92 Å². The SMILES string of the molecule is CCC(=O)[C@H]1Cc2cn(nn2)CC(=O)NCCC(C)CC(=O)N1. The van der Waals surface area contributed by atoms with Crippen LogP contribution < -0.4 is 10.6 Å². The maximum absolute atomic E-state index is 12.1. The predicted octanol–water partition coefficient (Wildman–Crippen LogP) is -0.169. The van der Waals surface area contributed by atoms with Crippen LogP contribution in [-0.2, 0) is 27.3 Å². The minimum Gasteiger partial charge on any atom is -0.354 e. The number of aromatic nitrogens is 3. The predicted molar refractivity (Wildman–Crippen MR) is 82.4 cm³/mol. The van der Waals surface area contributed by atoms with E-state index < -0.39 is 6.04 Å². The number of rotatable bonds is 2. The van der Waals surface area contributed by atoms with Crippen molar-refractivity contribution in [2.45, 2.75) is 52.1 Å². The molecular weight excluding hydrogens is 298 g/mol. The smallest absolute Gasteiger partial charge is 0.241 e. The second-order valence-electron chi connectivity index (χ2n) is 6.00. The summed E-state index contributed by atoms with van der Waals surface area (Å²) in [5, 5.41) is 13.5. The molecule has 2 rings (SSSR count). The van der Waals surface area contributed by atoms with Gasteiger partial charge in [-0.1, -0.05) is 19.1 Å². The summed E-state index contributed by atoms with van der Waals surface area (Å²) in [4.78, 5) is 36.0. The maximum Gasteiger partial charge on any atom is 0.241 e. The maximum atomic E-state index is 12.1. The van der Waals surface area contributed by atoms with Crippen LogP contribution in [0.1, 0.15) is 38.8 Å². The van der Waals surface area contributed by atoms with Gasteiger partial charge in [0.2, 0.25) is 11.8 Å². The van der Waals surface area contributed by atoms with Gasteiger partial charge in [-0.3, -0.25) is 14.4 Å². The Morgan fingerprint density at radius 3 is 2.87 bits per heavy atom. The van der Waals surface area contributed by atoms with Crippen molar-refractivity contribution in [3.63, 3.8) is 0 Å². The third kappa shape index (κ3) is 5.15. The fourth-order valence-corrected chi connectivity index (χ4v) is 2.54. The summed E-state index contributed by atoms with van der Waals surface area (Å²) in [6.45, 7) is 4.32. The highest BCUT2D eigenvalue weighted by molar-refractivity contribution is 5.89. The summed E-state index contributed by atoms with van der Waals surface area (Å²) >= 11 is 0. The van der Waals surface area contributed by atoms with Crippen LogP contribution >= 0.6 is 0 Å². The van der Waals surface area contributed by atoms with Crippen molar-refractivity contribution in [1.29, 1.82) is 0 Å². The Hall–Kier alpha value is -2.25. The fourth-order valence-electron chi connectivity index (χ4n) is 2.54. The van der Waals surface area contributed by atoms with Crippen molar-refractivity contribution in [2.75, 3.05) is 6.54 Å². The molecule has 2 heterocycles. The van der Waals surface area contributed by atoms with E-state index in [9.17, 15) is 14.4 Å². The van der Waals surface area contributed by atoms with Crippen LogP contribution in [0.3, 0.4) is 0 Å². The van der Waals surface area contributed by atoms with E-state index in [0.717, 1.165) is 0 Å². The Balaban J connectivity index is 2.18. The van der Waals surface area contributed by atoms with Gasteiger partial charge in [0.25, 0.3) is 0 Å². The quantitative estimate of drug-likeness (QED) is 0.787. The lowest BCUT2D eigenvalue weighted by Gasteiger charge is -2.18. The number of amides is 2. The van der Waals surface area contributed by atoms with Crippen molar-refractivity contribution < 1.29 is 14.4 Å².